The molecule has 0 spiro atoms. The molecule has 31 heavy (non-hydrogen) atoms. The summed E-state index contributed by atoms with van der Waals surface area (Å²) in [5.74, 6) is 1.61. The third-order valence-electron chi connectivity index (χ3n) is 6.07. The first kappa shape index (κ1) is 21.5. The average Bonchev–Trinajstić information content (AvgIpc) is 3.12. The number of rotatable bonds is 5. The lowest BCUT2D eigenvalue weighted by Crippen LogP contribution is -2.44. The second-order valence-electron chi connectivity index (χ2n) is 8.25. The number of hydrogen-bond donors (Lipinski definition) is 2. The maximum Gasteiger partial charge on any atom is 0.319 e. The fourth-order valence-electron chi connectivity index (χ4n) is 4.06. The number of nitrogens with zero attached hydrogens (tertiary/aromatic N) is 3. The standard InChI is InChI=1S/C23H31N5O3/c1-5-23(4)19-18(14-31-23)21(28-11-12-30-13-15(28)3)27-20(26-19)16-7-9-17(10-8-16)25-22(29)24-6-2/h7-10,15H,5-6,11-14H2,1-4H3,(H2,24,25,29)/t15-,23?/m0/s1. The zero-order chi connectivity index (χ0) is 22.0. The first-order chi connectivity index (χ1) is 14.9. The molecular weight excluding hydrogens is 394 g/mol. The first-order valence-corrected chi connectivity index (χ1v) is 11.0. The Morgan fingerprint density at radius 3 is 2.71 bits per heavy atom. The second kappa shape index (κ2) is 8.80. The lowest BCUT2D eigenvalue weighted by atomic mass is 9.97. The van der Waals surface area contributed by atoms with Crippen molar-refractivity contribution >= 4 is 17.5 Å². The Kier molecular flexibility index (Phi) is 6.11. The number of urea groups is 1. The molecule has 1 saturated heterocycles. The monoisotopic (exact) mass is 425 g/mol. The lowest BCUT2D eigenvalue weighted by Gasteiger charge is -2.35. The molecule has 1 fully saturated rings. The minimum atomic E-state index is -0.420. The Bertz CT molecular complexity index is 949. The van der Waals surface area contributed by atoms with Crippen molar-refractivity contribution in [2.45, 2.75) is 52.4 Å². The number of hydrogen-bond acceptors (Lipinski definition) is 6. The van der Waals surface area contributed by atoms with Gasteiger partial charge in [0.1, 0.15) is 11.4 Å². The molecule has 2 amide bonds. The van der Waals surface area contributed by atoms with Gasteiger partial charge in [-0.05, 0) is 51.5 Å². The van der Waals surface area contributed by atoms with E-state index in [0.29, 0.717) is 32.2 Å². The highest BCUT2D eigenvalue weighted by atomic mass is 16.5. The number of aromatic nitrogens is 2. The molecule has 166 valence electrons. The maximum absolute atomic E-state index is 11.8. The van der Waals surface area contributed by atoms with E-state index in [4.69, 9.17) is 19.4 Å². The van der Waals surface area contributed by atoms with Gasteiger partial charge < -0.3 is 25.0 Å². The third-order valence-corrected chi connectivity index (χ3v) is 6.07. The van der Waals surface area contributed by atoms with E-state index in [2.05, 4.69) is 36.3 Å². The van der Waals surface area contributed by atoms with Crippen LogP contribution >= 0.6 is 0 Å². The predicted molar refractivity (Wildman–Crippen MR) is 120 cm³/mol. The normalized spacial score (nSPS) is 22.8. The van der Waals surface area contributed by atoms with Crippen LogP contribution in [0, 0.1) is 0 Å². The summed E-state index contributed by atoms with van der Waals surface area (Å²) in [7, 11) is 0. The van der Waals surface area contributed by atoms with Crippen molar-refractivity contribution in [2.75, 3.05) is 36.5 Å². The van der Waals surface area contributed by atoms with E-state index in [0.717, 1.165) is 41.3 Å². The fourth-order valence-corrected chi connectivity index (χ4v) is 4.06. The molecule has 3 heterocycles. The minimum Gasteiger partial charge on any atom is -0.377 e. The topological polar surface area (TPSA) is 88.6 Å². The molecule has 0 radical (unpaired) electrons. The van der Waals surface area contributed by atoms with Crippen molar-refractivity contribution in [3.05, 3.63) is 35.5 Å². The van der Waals surface area contributed by atoms with E-state index in [-0.39, 0.29) is 12.1 Å². The molecule has 0 aliphatic carbocycles. The minimum absolute atomic E-state index is 0.219. The Morgan fingerprint density at radius 1 is 1.26 bits per heavy atom. The molecule has 2 aromatic rings. The van der Waals surface area contributed by atoms with Gasteiger partial charge in [0.25, 0.3) is 0 Å². The molecule has 8 nitrogen and oxygen atoms in total. The van der Waals surface area contributed by atoms with E-state index < -0.39 is 5.60 Å². The maximum atomic E-state index is 11.8. The van der Waals surface area contributed by atoms with Crippen LogP contribution in [-0.2, 0) is 21.7 Å². The van der Waals surface area contributed by atoms with Gasteiger partial charge in [-0.15, -0.1) is 0 Å². The number of anilines is 2. The summed E-state index contributed by atoms with van der Waals surface area (Å²) in [6, 6.07) is 7.63. The third kappa shape index (κ3) is 4.22. The number of benzene rings is 1. The molecule has 2 atom stereocenters. The van der Waals surface area contributed by atoms with Gasteiger partial charge in [-0.2, -0.15) is 0 Å². The lowest BCUT2D eigenvalue weighted by molar-refractivity contribution is -0.0281. The highest BCUT2D eigenvalue weighted by molar-refractivity contribution is 5.89. The van der Waals surface area contributed by atoms with Crippen LogP contribution in [0.5, 0.6) is 0 Å². The molecule has 2 N–H and O–H groups in total. The van der Waals surface area contributed by atoms with Crippen LogP contribution in [0.3, 0.4) is 0 Å². The highest BCUT2D eigenvalue weighted by Crippen LogP contribution is 2.42. The Hall–Kier alpha value is -2.71. The molecule has 1 aromatic heterocycles. The van der Waals surface area contributed by atoms with Gasteiger partial charge >= 0.3 is 6.03 Å². The van der Waals surface area contributed by atoms with Crippen molar-refractivity contribution in [2.24, 2.45) is 0 Å². The predicted octanol–water partition coefficient (Wildman–Crippen LogP) is 3.67. The summed E-state index contributed by atoms with van der Waals surface area (Å²) < 4.78 is 11.8. The van der Waals surface area contributed by atoms with Gasteiger partial charge in [0, 0.05) is 29.9 Å². The SMILES string of the molecule is CCNC(=O)Nc1ccc(-c2nc(N3CCOC[C@@H]3C)c3c(n2)C(C)(CC)OC3)cc1. The van der Waals surface area contributed by atoms with Crippen molar-refractivity contribution in [3.8, 4) is 11.4 Å². The van der Waals surface area contributed by atoms with Crippen molar-refractivity contribution < 1.29 is 14.3 Å². The fraction of sp³-hybridized carbons (Fsp3) is 0.522. The zero-order valence-electron chi connectivity index (χ0n) is 18.7. The Balaban J connectivity index is 1.72. The molecule has 1 aromatic carbocycles. The molecular formula is C23H31N5O3. The molecule has 8 heteroatoms. The quantitative estimate of drug-likeness (QED) is 0.760. The van der Waals surface area contributed by atoms with Crippen molar-refractivity contribution in [1.82, 2.24) is 15.3 Å². The van der Waals surface area contributed by atoms with Crippen LogP contribution in [0.15, 0.2) is 24.3 Å². The van der Waals surface area contributed by atoms with Crippen molar-refractivity contribution in [1.29, 1.82) is 0 Å². The summed E-state index contributed by atoms with van der Waals surface area (Å²) >= 11 is 0. The van der Waals surface area contributed by atoms with Gasteiger partial charge in [-0.3, -0.25) is 0 Å². The smallest absolute Gasteiger partial charge is 0.319 e. The van der Waals surface area contributed by atoms with Gasteiger partial charge in [0.15, 0.2) is 5.82 Å². The number of morpholine rings is 1. The number of amides is 2. The molecule has 0 bridgehead atoms. The average molecular weight is 426 g/mol. The summed E-state index contributed by atoms with van der Waals surface area (Å²) in [6.45, 7) is 11.5. The zero-order valence-corrected chi connectivity index (χ0v) is 18.7. The van der Waals surface area contributed by atoms with E-state index in [9.17, 15) is 4.79 Å². The largest absolute Gasteiger partial charge is 0.377 e. The summed E-state index contributed by atoms with van der Waals surface area (Å²) in [5, 5.41) is 5.55. The van der Waals surface area contributed by atoms with E-state index >= 15 is 0 Å². The molecule has 2 aliphatic rings. The summed E-state index contributed by atoms with van der Waals surface area (Å²) in [6.07, 6.45) is 0.837. The van der Waals surface area contributed by atoms with Crippen LogP contribution in [0.25, 0.3) is 11.4 Å². The molecule has 2 aliphatic heterocycles. The highest BCUT2D eigenvalue weighted by Gasteiger charge is 2.40. The van der Waals surface area contributed by atoms with Gasteiger partial charge in [-0.1, -0.05) is 6.92 Å². The number of carbonyl (C=O) groups excluding carboxylic acids is 1. The number of nitrogens with one attached hydrogen (secondary N) is 2. The number of ether oxygens (including phenoxy) is 2. The van der Waals surface area contributed by atoms with Gasteiger partial charge in [0.2, 0.25) is 0 Å². The van der Waals surface area contributed by atoms with Crippen LogP contribution in [0.4, 0.5) is 16.3 Å². The molecule has 4 rings (SSSR count). The van der Waals surface area contributed by atoms with E-state index in [1.54, 1.807) is 0 Å². The van der Waals surface area contributed by atoms with Crippen molar-refractivity contribution in [3.63, 3.8) is 0 Å². The van der Waals surface area contributed by atoms with Crippen LogP contribution in [-0.4, -0.2) is 48.3 Å². The Labute approximate surface area is 183 Å². The van der Waals surface area contributed by atoms with Gasteiger partial charge in [-0.25, -0.2) is 14.8 Å². The molecule has 1 unspecified atom stereocenters. The van der Waals surface area contributed by atoms with Gasteiger partial charge in [0.05, 0.1) is 31.6 Å². The number of fused-ring (bicyclic) bond motifs is 1. The summed E-state index contributed by atoms with van der Waals surface area (Å²) in [4.78, 5) is 24.0. The second-order valence-corrected chi connectivity index (χ2v) is 8.25. The number of carbonyl (C=O) groups is 1. The summed E-state index contributed by atoms with van der Waals surface area (Å²) in [5.41, 5.74) is 3.25. The van der Waals surface area contributed by atoms with E-state index in [1.165, 1.54) is 0 Å². The Morgan fingerprint density at radius 2 is 2.03 bits per heavy atom. The van der Waals surface area contributed by atoms with Crippen LogP contribution < -0.4 is 15.5 Å². The first-order valence-electron chi connectivity index (χ1n) is 11.0. The van der Waals surface area contributed by atoms with Crippen LogP contribution in [0.2, 0.25) is 0 Å². The van der Waals surface area contributed by atoms with E-state index in [1.807, 2.05) is 31.2 Å². The van der Waals surface area contributed by atoms with Crippen LogP contribution in [0.1, 0.15) is 45.4 Å². The molecule has 0 saturated carbocycles.